The van der Waals surface area contributed by atoms with Gasteiger partial charge in [0.05, 0.1) is 5.56 Å². The Morgan fingerprint density at radius 1 is 0.957 bits per heavy atom. The molecule has 5 nitrogen and oxygen atoms in total. The van der Waals surface area contributed by atoms with Crippen LogP contribution in [0.4, 0.5) is 10.1 Å². The van der Waals surface area contributed by atoms with Gasteiger partial charge >= 0.3 is 0 Å². The quantitative estimate of drug-likeness (QED) is 0.740. The van der Waals surface area contributed by atoms with Crippen LogP contribution in [0, 0.1) is 5.82 Å². The van der Waals surface area contributed by atoms with E-state index in [4.69, 9.17) is 4.42 Å². The van der Waals surface area contributed by atoms with Gasteiger partial charge in [0.2, 0.25) is 11.8 Å². The van der Waals surface area contributed by atoms with Crippen molar-refractivity contribution in [2.75, 3.05) is 18.0 Å². The van der Waals surface area contributed by atoms with E-state index in [2.05, 4.69) is 20.1 Å². The minimum Gasteiger partial charge on any atom is -0.416 e. The number of nitrogens with zero attached hydrogens (tertiary/aromatic N) is 4. The van der Waals surface area contributed by atoms with E-state index >= 15 is 0 Å². The molecule has 0 saturated carbocycles. The van der Waals surface area contributed by atoms with E-state index in [0.717, 1.165) is 37.2 Å². The highest BCUT2D eigenvalue weighted by atomic mass is 19.1. The summed E-state index contributed by atoms with van der Waals surface area (Å²) in [6.45, 7) is 1.92. The molecule has 0 unspecified atom stereocenters. The van der Waals surface area contributed by atoms with Crippen LogP contribution >= 0.6 is 0 Å². The zero-order chi connectivity index (χ0) is 15.6. The molecule has 1 aliphatic heterocycles. The molecule has 4 rings (SSSR count). The highest BCUT2D eigenvalue weighted by Crippen LogP contribution is 2.34. The number of benzene rings is 1. The third-order valence-electron chi connectivity index (χ3n) is 3.99. The fraction of sp³-hybridized carbons (Fsp3) is 0.235. The van der Waals surface area contributed by atoms with Crippen LogP contribution in [0.15, 0.2) is 47.1 Å². The Balaban J connectivity index is 1.76. The van der Waals surface area contributed by atoms with E-state index in [1.807, 2.05) is 0 Å². The number of hydrogen-bond donors (Lipinski definition) is 0. The number of pyridine rings is 1. The second kappa shape index (κ2) is 5.79. The third kappa shape index (κ3) is 2.67. The lowest BCUT2D eigenvalue weighted by atomic mass is 10.1. The topological polar surface area (TPSA) is 55.1 Å². The maximum atomic E-state index is 13.7. The molecule has 1 saturated heterocycles. The fourth-order valence-corrected chi connectivity index (χ4v) is 2.86. The zero-order valence-electron chi connectivity index (χ0n) is 12.4. The zero-order valence-corrected chi connectivity index (χ0v) is 12.4. The van der Waals surface area contributed by atoms with E-state index in [0.29, 0.717) is 17.3 Å². The Morgan fingerprint density at radius 2 is 1.70 bits per heavy atom. The molecule has 1 aromatic carbocycles. The summed E-state index contributed by atoms with van der Waals surface area (Å²) in [5.74, 6) is 0.420. The van der Waals surface area contributed by atoms with E-state index in [1.165, 1.54) is 12.1 Å². The first-order valence-electron chi connectivity index (χ1n) is 7.60. The normalized spacial score (nSPS) is 14.4. The Labute approximate surface area is 132 Å². The van der Waals surface area contributed by atoms with E-state index in [9.17, 15) is 4.39 Å². The lowest BCUT2D eigenvalue weighted by molar-refractivity contribution is 0.581. The molecule has 1 fully saturated rings. The van der Waals surface area contributed by atoms with E-state index < -0.39 is 0 Å². The number of halogens is 1. The number of rotatable bonds is 3. The predicted molar refractivity (Wildman–Crippen MR) is 84.4 cm³/mol. The minimum absolute atomic E-state index is 0.313. The standard InChI is InChI=1S/C17H15FN4O/c18-13-3-4-15(22-9-1-2-10-22)14(11-13)17-21-20-16(23-17)12-5-7-19-8-6-12/h3-8,11H,1-2,9-10H2. The second-order valence-corrected chi connectivity index (χ2v) is 5.50. The van der Waals surface area contributed by atoms with Crippen LogP contribution in [0.5, 0.6) is 0 Å². The highest BCUT2D eigenvalue weighted by molar-refractivity contribution is 5.74. The predicted octanol–water partition coefficient (Wildman–Crippen LogP) is 3.54. The molecule has 3 aromatic rings. The lowest BCUT2D eigenvalue weighted by Crippen LogP contribution is -2.18. The van der Waals surface area contributed by atoms with Gasteiger partial charge in [-0.2, -0.15) is 0 Å². The van der Waals surface area contributed by atoms with Crippen LogP contribution in [0.25, 0.3) is 22.9 Å². The average Bonchev–Trinajstić information content (AvgIpc) is 3.27. The average molecular weight is 310 g/mol. The summed E-state index contributed by atoms with van der Waals surface area (Å²) in [6.07, 6.45) is 5.61. The molecule has 2 aromatic heterocycles. The Hall–Kier alpha value is -2.76. The van der Waals surface area contributed by atoms with Gasteiger partial charge in [0, 0.05) is 36.7 Å². The molecular formula is C17H15FN4O. The summed E-state index contributed by atoms with van der Waals surface area (Å²) in [5.41, 5.74) is 2.37. The first-order valence-corrected chi connectivity index (χ1v) is 7.60. The molecule has 0 N–H and O–H groups in total. The summed E-state index contributed by atoms with van der Waals surface area (Å²) >= 11 is 0. The van der Waals surface area contributed by atoms with Crippen molar-refractivity contribution in [1.29, 1.82) is 0 Å². The van der Waals surface area contributed by atoms with Crippen LogP contribution in [-0.2, 0) is 0 Å². The first kappa shape index (κ1) is 13.9. The highest BCUT2D eigenvalue weighted by Gasteiger charge is 2.20. The number of anilines is 1. The maximum Gasteiger partial charge on any atom is 0.250 e. The maximum absolute atomic E-state index is 13.7. The second-order valence-electron chi connectivity index (χ2n) is 5.50. The smallest absolute Gasteiger partial charge is 0.250 e. The summed E-state index contributed by atoms with van der Waals surface area (Å²) in [4.78, 5) is 6.20. The van der Waals surface area contributed by atoms with Crippen molar-refractivity contribution in [3.63, 3.8) is 0 Å². The molecule has 116 valence electrons. The molecular weight excluding hydrogens is 295 g/mol. The lowest BCUT2D eigenvalue weighted by Gasteiger charge is -2.19. The van der Waals surface area contributed by atoms with Gasteiger partial charge in [-0.15, -0.1) is 10.2 Å². The first-order chi connectivity index (χ1) is 11.3. The molecule has 0 atom stereocenters. The molecule has 6 heteroatoms. The third-order valence-corrected chi connectivity index (χ3v) is 3.99. The van der Waals surface area contributed by atoms with Gasteiger partial charge in [0.1, 0.15) is 5.82 Å². The van der Waals surface area contributed by atoms with Crippen LogP contribution in [0.1, 0.15) is 12.8 Å². The van der Waals surface area contributed by atoms with Gasteiger partial charge in [-0.1, -0.05) is 0 Å². The van der Waals surface area contributed by atoms with Crippen molar-refractivity contribution in [2.45, 2.75) is 12.8 Å². The van der Waals surface area contributed by atoms with Crippen LogP contribution in [0.2, 0.25) is 0 Å². The molecule has 0 spiro atoms. The summed E-state index contributed by atoms with van der Waals surface area (Å²) in [6, 6.07) is 8.30. The molecule has 3 heterocycles. The molecule has 0 radical (unpaired) electrons. The number of aromatic nitrogens is 3. The van der Waals surface area contributed by atoms with E-state index in [1.54, 1.807) is 30.6 Å². The van der Waals surface area contributed by atoms with Crippen molar-refractivity contribution in [3.05, 3.63) is 48.5 Å². The van der Waals surface area contributed by atoms with Gasteiger partial charge in [0.25, 0.3) is 0 Å². The molecule has 23 heavy (non-hydrogen) atoms. The largest absolute Gasteiger partial charge is 0.416 e. The Morgan fingerprint density at radius 3 is 2.48 bits per heavy atom. The Bertz CT molecular complexity index is 812. The van der Waals surface area contributed by atoms with E-state index in [-0.39, 0.29) is 5.82 Å². The fourth-order valence-electron chi connectivity index (χ4n) is 2.86. The molecule has 0 amide bonds. The van der Waals surface area contributed by atoms with Crippen molar-refractivity contribution >= 4 is 5.69 Å². The molecule has 0 aliphatic carbocycles. The molecule has 1 aliphatic rings. The van der Waals surface area contributed by atoms with Crippen LogP contribution in [0.3, 0.4) is 0 Å². The Kier molecular flexibility index (Phi) is 3.49. The number of hydrogen-bond acceptors (Lipinski definition) is 5. The van der Waals surface area contributed by atoms with Crippen molar-refractivity contribution in [3.8, 4) is 22.9 Å². The van der Waals surface area contributed by atoms with Gasteiger partial charge in [-0.25, -0.2) is 4.39 Å². The van der Waals surface area contributed by atoms with Crippen molar-refractivity contribution in [1.82, 2.24) is 15.2 Å². The van der Waals surface area contributed by atoms with Crippen LogP contribution in [-0.4, -0.2) is 28.3 Å². The van der Waals surface area contributed by atoms with Gasteiger partial charge in [-0.3, -0.25) is 4.98 Å². The van der Waals surface area contributed by atoms with Gasteiger partial charge < -0.3 is 9.32 Å². The minimum atomic E-state index is -0.313. The summed E-state index contributed by atoms with van der Waals surface area (Å²) in [7, 11) is 0. The monoisotopic (exact) mass is 310 g/mol. The van der Waals surface area contributed by atoms with Crippen molar-refractivity contribution < 1.29 is 8.81 Å². The van der Waals surface area contributed by atoms with Crippen LogP contribution < -0.4 is 4.90 Å². The summed E-state index contributed by atoms with van der Waals surface area (Å²) < 4.78 is 19.5. The van der Waals surface area contributed by atoms with Gasteiger partial charge in [-0.05, 0) is 43.2 Å². The molecule has 0 bridgehead atoms. The summed E-state index contributed by atoms with van der Waals surface area (Å²) in [5, 5.41) is 8.18. The van der Waals surface area contributed by atoms with Crippen molar-refractivity contribution in [2.24, 2.45) is 0 Å². The van der Waals surface area contributed by atoms with Gasteiger partial charge in [0.15, 0.2) is 0 Å². The SMILES string of the molecule is Fc1ccc(N2CCCC2)c(-c2nnc(-c3ccncc3)o2)c1.